The van der Waals surface area contributed by atoms with Crippen LogP contribution in [0.4, 0.5) is 5.69 Å². The number of hydrogen-bond acceptors (Lipinski definition) is 4. The van der Waals surface area contributed by atoms with Crippen molar-refractivity contribution in [3.05, 3.63) is 59.7 Å². The third-order valence-electron chi connectivity index (χ3n) is 3.26. The van der Waals surface area contributed by atoms with E-state index in [4.69, 9.17) is 14.9 Å². The summed E-state index contributed by atoms with van der Waals surface area (Å²) < 4.78 is 5.43. The number of ether oxygens (including phenoxy) is 1. The predicted octanol–water partition coefficient (Wildman–Crippen LogP) is 2.63. The van der Waals surface area contributed by atoms with Crippen LogP contribution in [0.3, 0.4) is 0 Å². The Morgan fingerprint density at radius 2 is 1.41 bits per heavy atom. The van der Waals surface area contributed by atoms with Gasteiger partial charge in [-0.05, 0) is 35.4 Å². The van der Waals surface area contributed by atoms with Crippen LogP contribution in [-0.4, -0.2) is 36.6 Å². The van der Waals surface area contributed by atoms with Gasteiger partial charge in [0.05, 0.1) is 13.2 Å². The fourth-order valence-electron chi connectivity index (χ4n) is 1.94. The molecule has 0 aliphatic heterocycles. The Balaban J connectivity index is 1.99. The van der Waals surface area contributed by atoms with Crippen molar-refractivity contribution in [1.29, 1.82) is 0 Å². The van der Waals surface area contributed by atoms with Crippen LogP contribution in [-0.2, 0) is 0 Å². The number of hydrogen-bond donors (Lipinski definition) is 3. The van der Waals surface area contributed by atoms with Crippen molar-refractivity contribution in [2.45, 2.75) is 6.10 Å². The van der Waals surface area contributed by atoms with Crippen LogP contribution in [0, 0.1) is 0 Å². The number of aliphatic hydroxyl groups excluding tert-OH is 2. The van der Waals surface area contributed by atoms with E-state index in [1.54, 1.807) is 0 Å². The summed E-state index contributed by atoms with van der Waals surface area (Å²) in [4.78, 5) is 0. The van der Waals surface area contributed by atoms with E-state index in [0.29, 0.717) is 5.75 Å². The van der Waals surface area contributed by atoms with E-state index in [0.717, 1.165) is 16.8 Å². The number of anilines is 1. The van der Waals surface area contributed by atoms with Gasteiger partial charge in [-0.3, -0.25) is 0 Å². The van der Waals surface area contributed by atoms with E-state index in [-0.39, 0.29) is 13.2 Å². The van der Waals surface area contributed by atoms with Gasteiger partial charge < -0.3 is 20.3 Å². The lowest BCUT2D eigenvalue weighted by Crippen LogP contribution is -2.25. The topological polar surface area (TPSA) is 61.7 Å². The summed E-state index contributed by atoms with van der Waals surface area (Å²) >= 11 is 0. The molecule has 0 radical (unpaired) electrons. The molecule has 0 spiro atoms. The summed E-state index contributed by atoms with van der Waals surface area (Å²) in [6, 6.07) is 15.7. The minimum absolute atomic E-state index is 0.208. The highest BCUT2D eigenvalue weighted by Crippen LogP contribution is 2.16. The third kappa shape index (κ3) is 4.62. The summed E-state index contributed by atoms with van der Waals surface area (Å²) in [5.74, 6) is 0.628. The van der Waals surface area contributed by atoms with Crippen LogP contribution in [0.15, 0.2) is 48.5 Å². The molecule has 116 valence electrons. The van der Waals surface area contributed by atoms with Gasteiger partial charge in [-0.2, -0.15) is 0 Å². The van der Waals surface area contributed by atoms with Gasteiger partial charge in [0, 0.05) is 12.7 Å². The average molecular weight is 299 g/mol. The highest BCUT2D eigenvalue weighted by Gasteiger charge is 2.06. The maximum atomic E-state index is 8.99. The quantitative estimate of drug-likeness (QED) is 0.688. The van der Waals surface area contributed by atoms with Crippen molar-refractivity contribution in [2.75, 3.05) is 25.6 Å². The standard InChI is InChI=1S/C18H21NO3/c1-19-16-8-4-14(5-9-16)2-3-15-6-10-17(11-7-15)22-18(12-20)13-21/h2-11,18-21H,12-13H2,1H3/b3-2+. The predicted molar refractivity (Wildman–Crippen MR) is 89.9 cm³/mol. The second kappa shape index (κ2) is 8.22. The first-order valence-electron chi connectivity index (χ1n) is 7.19. The molecular weight excluding hydrogens is 278 g/mol. The van der Waals surface area contributed by atoms with Gasteiger partial charge in [0.15, 0.2) is 0 Å². The second-order valence-electron chi connectivity index (χ2n) is 4.88. The molecule has 0 bridgehead atoms. The van der Waals surface area contributed by atoms with Crippen LogP contribution >= 0.6 is 0 Å². The molecule has 0 saturated heterocycles. The van der Waals surface area contributed by atoms with E-state index in [9.17, 15) is 0 Å². The van der Waals surface area contributed by atoms with E-state index < -0.39 is 6.10 Å². The molecule has 2 aromatic rings. The zero-order chi connectivity index (χ0) is 15.8. The summed E-state index contributed by atoms with van der Waals surface area (Å²) in [6.07, 6.45) is 3.49. The molecular formula is C18H21NO3. The SMILES string of the molecule is CNc1ccc(/C=C/c2ccc(OC(CO)CO)cc2)cc1. The van der Waals surface area contributed by atoms with Crippen LogP contribution in [0.1, 0.15) is 11.1 Å². The van der Waals surface area contributed by atoms with Gasteiger partial charge in [-0.1, -0.05) is 36.4 Å². The Labute approximate surface area is 130 Å². The lowest BCUT2D eigenvalue weighted by molar-refractivity contribution is 0.0629. The van der Waals surface area contributed by atoms with Gasteiger partial charge in [0.1, 0.15) is 11.9 Å². The van der Waals surface area contributed by atoms with Crippen molar-refractivity contribution in [2.24, 2.45) is 0 Å². The fraction of sp³-hybridized carbons (Fsp3) is 0.222. The summed E-state index contributed by atoms with van der Waals surface area (Å²) in [5.41, 5.74) is 3.26. The van der Waals surface area contributed by atoms with Crippen LogP contribution < -0.4 is 10.1 Å². The molecule has 0 aliphatic rings. The monoisotopic (exact) mass is 299 g/mol. The molecule has 3 N–H and O–H groups in total. The third-order valence-corrected chi connectivity index (χ3v) is 3.26. The van der Waals surface area contributed by atoms with Gasteiger partial charge in [-0.25, -0.2) is 0 Å². The van der Waals surface area contributed by atoms with Crippen LogP contribution in [0.2, 0.25) is 0 Å². The van der Waals surface area contributed by atoms with Gasteiger partial charge in [-0.15, -0.1) is 0 Å². The number of rotatable bonds is 7. The number of nitrogens with one attached hydrogen (secondary N) is 1. The van der Waals surface area contributed by atoms with Crippen LogP contribution in [0.5, 0.6) is 5.75 Å². The van der Waals surface area contributed by atoms with E-state index in [1.807, 2.05) is 67.7 Å². The van der Waals surface area contributed by atoms with Crippen molar-refractivity contribution in [3.63, 3.8) is 0 Å². The minimum atomic E-state index is -0.577. The van der Waals surface area contributed by atoms with E-state index in [1.165, 1.54) is 0 Å². The Bertz CT molecular complexity index is 587. The Morgan fingerprint density at radius 1 is 0.909 bits per heavy atom. The van der Waals surface area contributed by atoms with Crippen molar-refractivity contribution < 1.29 is 14.9 Å². The molecule has 0 amide bonds. The Hall–Kier alpha value is -2.30. The highest BCUT2D eigenvalue weighted by molar-refractivity contribution is 5.70. The van der Waals surface area contributed by atoms with E-state index >= 15 is 0 Å². The summed E-state index contributed by atoms with van der Waals surface area (Å²) in [5, 5.41) is 21.1. The molecule has 0 aliphatic carbocycles. The van der Waals surface area contributed by atoms with Crippen molar-refractivity contribution in [3.8, 4) is 5.75 Å². The van der Waals surface area contributed by atoms with Gasteiger partial charge in [0.25, 0.3) is 0 Å². The zero-order valence-electron chi connectivity index (χ0n) is 12.6. The lowest BCUT2D eigenvalue weighted by Gasteiger charge is -2.14. The van der Waals surface area contributed by atoms with Crippen molar-refractivity contribution in [1.82, 2.24) is 0 Å². The fourth-order valence-corrected chi connectivity index (χ4v) is 1.94. The Morgan fingerprint density at radius 3 is 1.86 bits per heavy atom. The molecule has 0 atom stereocenters. The largest absolute Gasteiger partial charge is 0.486 e. The zero-order valence-corrected chi connectivity index (χ0v) is 12.6. The maximum absolute atomic E-state index is 8.99. The van der Waals surface area contributed by atoms with Crippen molar-refractivity contribution >= 4 is 17.8 Å². The molecule has 0 unspecified atom stereocenters. The number of benzene rings is 2. The first kappa shape index (κ1) is 16.1. The van der Waals surface area contributed by atoms with Crippen LogP contribution in [0.25, 0.3) is 12.2 Å². The first-order chi connectivity index (χ1) is 10.7. The molecule has 4 heteroatoms. The summed E-state index contributed by atoms with van der Waals surface area (Å²) in [6.45, 7) is -0.415. The maximum Gasteiger partial charge on any atom is 0.145 e. The smallest absolute Gasteiger partial charge is 0.145 e. The highest BCUT2D eigenvalue weighted by atomic mass is 16.5. The minimum Gasteiger partial charge on any atom is -0.486 e. The molecule has 4 nitrogen and oxygen atoms in total. The molecule has 0 fully saturated rings. The van der Waals surface area contributed by atoms with E-state index in [2.05, 4.69) is 5.32 Å². The number of aliphatic hydroxyl groups is 2. The first-order valence-corrected chi connectivity index (χ1v) is 7.19. The van der Waals surface area contributed by atoms with Gasteiger partial charge in [0.2, 0.25) is 0 Å². The average Bonchev–Trinajstić information content (AvgIpc) is 2.59. The molecule has 2 aromatic carbocycles. The molecule has 0 saturated carbocycles. The van der Waals surface area contributed by atoms with Gasteiger partial charge >= 0.3 is 0 Å². The normalized spacial score (nSPS) is 11.1. The molecule has 0 aromatic heterocycles. The molecule has 0 heterocycles. The lowest BCUT2D eigenvalue weighted by atomic mass is 10.1. The molecule has 22 heavy (non-hydrogen) atoms. The second-order valence-corrected chi connectivity index (χ2v) is 4.88. The summed E-state index contributed by atoms with van der Waals surface area (Å²) in [7, 11) is 1.90. The molecule has 2 rings (SSSR count). The Kier molecular flexibility index (Phi) is 6.01.